The Morgan fingerprint density at radius 1 is 1.09 bits per heavy atom. The third-order valence-corrected chi connectivity index (χ3v) is 3.58. The quantitative estimate of drug-likeness (QED) is 0.708. The molecule has 3 heteroatoms. The highest BCUT2D eigenvalue weighted by Crippen LogP contribution is 2.26. The second kappa shape index (κ2) is 6.06. The molecule has 0 saturated carbocycles. The van der Waals surface area contributed by atoms with Crippen molar-refractivity contribution in [2.75, 3.05) is 6.61 Å². The molecule has 0 bridgehead atoms. The molecule has 22 heavy (non-hydrogen) atoms. The van der Waals surface area contributed by atoms with E-state index in [1.54, 1.807) is 12.1 Å². The number of aryl methyl sites for hydroxylation is 1. The number of rotatable bonds is 4. The van der Waals surface area contributed by atoms with Crippen LogP contribution in [0.1, 0.15) is 19.1 Å². The Balaban J connectivity index is 2.16. The minimum absolute atomic E-state index is 0.00742. The fraction of sp³-hybridized carbons (Fsp3) is 0.211. The van der Waals surface area contributed by atoms with Gasteiger partial charge >= 0.3 is 0 Å². The van der Waals surface area contributed by atoms with Crippen molar-refractivity contribution in [3.63, 3.8) is 0 Å². The van der Waals surface area contributed by atoms with Gasteiger partial charge in [-0.2, -0.15) is 0 Å². The smallest absolute Gasteiger partial charge is 0.200 e. The van der Waals surface area contributed by atoms with Crippen molar-refractivity contribution in [2.45, 2.75) is 20.3 Å². The fourth-order valence-electron chi connectivity index (χ4n) is 2.53. The average Bonchev–Trinajstić information content (AvgIpc) is 2.53. The monoisotopic (exact) mass is 294 g/mol. The van der Waals surface area contributed by atoms with E-state index in [1.807, 2.05) is 43.3 Å². The van der Waals surface area contributed by atoms with Crippen molar-refractivity contribution in [3.8, 4) is 16.9 Å². The second-order valence-electron chi connectivity index (χ2n) is 5.23. The van der Waals surface area contributed by atoms with Gasteiger partial charge in [-0.1, -0.05) is 37.3 Å². The fourth-order valence-corrected chi connectivity index (χ4v) is 2.53. The van der Waals surface area contributed by atoms with Crippen molar-refractivity contribution >= 4 is 11.0 Å². The van der Waals surface area contributed by atoms with Crippen LogP contribution in [0.3, 0.4) is 0 Å². The topological polar surface area (TPSA) is 39.4 Å². The summed E-state index contributed by atoms with van der Waals surface area (Å²) in [6.45, 7) is 4.52. The van der Waals surface area contributed by atoms with Crippen molar-refractivity contribution < 1.29 is 9.15 Å². The molecule has 0 atom stereocenters. The molecule has 1 heterocycles. The molecular formula is C19H18O3. The summed E-state index contributed by atoms with van der Waals surface area (Å²) in [6, 6.07) is 15.0. The first-order valence-electron chi connectivity index (χ1n) is 7.46. The predicted molar refractivity (Wildman–Crippen MR) is 88.4 cm³/mol. The summed E-state index contributed by atoms with van der Waals surface area (Å²) in [6.07, 6.45) is 0.938. The van der Waals surface area contributed by atoms with E-state index in [2.05, 4.69) is 6.92 Å². The van der Waals surface area contributed by atoms with E-state index in [0.29, 0.717) is 28.9 Å². The number of hydrogen-bond acceptors (Lipinski definition) is 3. The van der Waals surface area contributed by atoms with E-state index in [-0.39, 0.29) is 5.43 Å². The lowest BCUT2D eigenvalue weighted by molar-refractivity contribution is 0.317. The minimum atomic E-state index is -0.00742. The van der Waals surface area contributed by atoms with E-state index < -0.39 is 0 Å². The van der Waals surface area contributed by atoms with Gasteiger partial charge in [-0.25, -0.2) is 0 Å². The summed E-state index contributed by atoms with van der Waals surface area (Å²) in [4.78, 5) is 12.8. The molecule has 0 radical (unpaired) electrons. The van der Waals surface area contributed by atoms with Gasteiger partial charge in [0.25, 0.3) is 0 Å². The first-order chi connectivity index (χ1) is 10.7. The van der Waals surface area contributed by atoms with Crippen LogP contribution in [-0.2, 0) is 0 Å². The first kappa shape index (κ1) is 14.4. The molecule has 3 rings (SSSR count). The Labute approximate surface area is 129 Å². The summed E-state index contributed by atoms with van der Waals surface area (Å²) < 4.78 is 11.5. The summed E-state index contributed by atoms with van der Waals surface area (Å²) in [5.41, 5.74) is 2.06. The lowest BCUT2D eigenvalue weighted by Gasteiger charge is -2.09. The van der Waals surface area contributed by atoms with E-state index in [4.69, 9.17) is 9.15 Å². The Morgan fingerprint density at radius 3 is 2.59 bits per heavy atom. The summed E-state index contributed by atoms with van der Waals surface area (Å²) in [5.74, 6) is 1.35. The van der Waals surface area contributed by atoms with Crippen LogP contribution >= 0.6 is 0 Å². The Bertz CT molecular complexity index is 848. The largest absolute Gasteiger partial charge is 0.493 e. The van der Waals surface area contributed by atoms with Crippen LogP contribution in [0.25, 0.3) is 22.1 Å². The average molecular weight is 294 g/mol. The summed E-state index contributed by atoms with van der Waals surface area (Å²) in [5, 5.41) is 0.577. The van der Waals surface area contributed by atoms with Crippen LogP contribution in [0, 0.1) is 6.92 Å². The van der Waals surface area contributed by atoms with E-state index >= 15 is 0 Å². The molecule has 3 nitrogen and oxygen atoms in total. The highest BCUT2D eigenvalue weighted by molar-refractivity contribution is 5.83. The number of fused-ring (bicyclic) bond motifs is 1. The van der Waals surface area contributed by atoms with Gasteiger partial charge in [-0.15, -0.1) is 0 Å². The highest BCUT2D eigenvalue weighted by atomic mass is 16.5. The summed E-state index contributed by atoms with van der Waals surface area (Å²) >= 11 is 0. The van der Waals surface area contributed by atoms with Crippen LogP contribution in [-0.4, -0.2) is 6.61 Å². The first-order valence-corrected chi connectivity index (χ1v) is 7.46. The van der Waals surface area contributed by atoms with Crippen molar-refractivity contribution in [2.24, 2.45) is 0 Å². The number of ether oxygens (including phenoxy) is 1. The van der Waals surface area contributed by atoms with Gasteiger partial charge in [0, 0.05) is 6.07 Å². The molecule has 0 spiro atoms. The zero-order valence-electron chi connectivity index (χ0n) is 12.8. The molecule has 2 aromatic carbocycles. The zero-order valence-corrected chi connectivity index (χ0v) is 12.8. The van der Waals surface area contributed by atoms with Gasteiger partial charge in [0.05, 0.1) is 17.6 Å². The highest BCUT2D eigenvalue weighted by Gasteiger charge is 2.13. The Kier molecular flexibility index (Phi) is 3.96. The molecule has 1 aromatic heterocycles. The van der Waals surface area contributed by atoms with Gasteiger partial charge in [-0.05, 0) is 31.0 Å². The number of hydrogen-bond donors (Lipinski definition) is 0. The third kappa shape index (κ3) is 2.62. The lowest BCUT2D eigenvalue weighted by Crippen LogP contribution is -2.07. The number of benzene rings is 2. The maximum absolute atomic E-state index is 12.8. The van der Waals surface area contributed by atoms with Crippen LogP contribution in [0.15, 0.2) is 57.7 Å². The second-order valence-corrected chi connectivity index (χ2v) is 5.23. The van der Waals surface area contributed by atoms with Gasteiger partial charge in [0.2, 0.25) is 5.43 Å². The van der Waals surface area contributed by atoms with Gasteiger partial charge < -0.3 is 9.15 Å². The van der Waals surface area contributed by atoms with Crippen molar-refractivity contribution in [1.82, 2.24) is 0 Å². The molecule has 0 fully saturated rings. The zero-order chi connectivity index (χ0) is 15.5. The Hall–Kier alpha value is -2.55. The Morgan fingerprint density at radius 2 is 1.86 bits per heavy atom. The maximum atomic E-state index is 12.8. The molecule has 112 valence electrons. The molecule has 0 aliphatic carbocycles. The van der Waals surface area contributed by atoms with E-state index in [9.17, 15) is 4.79 Å². The molecular weight excluding hydrogens is 276 g/mol. The molecule has 0 unspecified atom stereocenters. The van der Waals surface area contributed by atoms with Crippen LogP contribution in [0.2, 0.25) is 0 Å². The molecule has 0 aliphatic rings. The summed E-state index contributed by atoms with van der Waals surface area (Å²) in [7, 11) is 0. The van der Waals surface area contributed by atoms with E-state index in [1.165, 1.54) is 0 Å². The maximum Gasteiger partial charge on any atom is 0.200 e. The van der Waals surface area contributed by atoms with Crippen molar-refractivity contribution in [3.05, 3.63) is 64.5 Å². The SMILES string of the molecule is CCCOc1ccc2c(=O)c(-c3ccccc3)c(C)oc2c1. The van der Waals surface area contributed by atoms with Crippen molar-refractivity contribution in [1.29, 1.82) is 0 Å². The molecule has 0 saturated heterocycles. The molecule has 0 amide bonds. The van der Waals surface area contributed by atoms with Gasteiger partial charge in [0.15, 0.2) is 0 Å². The van der Waals surface area contributed by atoms with Gasteiger partial charge in [0.1, 0.15) is 17.1 Å². The molecule has 0 N–H and O–H groups in total. The molecule has 3 aromatic rings. The normalized spacial score (nSPS) is 10.8. The van der Waals surface area contributed by atoms with Crippen LogP contribution in [0.5, 0.6) is 5.75 Å². The van der Waals surface area contributed by atoms with Crippen LogP contribution < -0.4 is 10.2 Å². The van der Waals surface area contributed by atoms with Gasteiger partial charge in [-0.3, -0.25) is 4.79 Å². The molecule has 0 aliphatic heterocycles. The third-order valence-electron chi connectivity index (χ3n) is 3.58. The van der Waals surface area contributed by atoms with E-state index in [0.717, 1.165) is 17.7 Å². The van der Waals surface area contributed by atoms with Crippen LogP contribution in [0.4, 0.5) is 0 Å². The predicted octanol–water partition coefficient (Wildman–Crippen LogP) is 4.56. The lowest BCUT2D eigenvalue weighted by atomic mass is 10.0. The standard InChI is InChI=1S/C19H18O3/c1-3-11-21-15-9-10-16-17(12-15)22-13(2)18(19(16)20)14-7-5-4-6-8-14/h4-10,12H,3,11H2,1-2H3. The minimum Gasteiger partial charge on any atom is -0.493 e.